The standard InChI is InChI=1S/C9H10O3S/c1-12-9(11)5-8(10)4-7-2-3-13-6-7/h2-3,6H,4-5H2,1H3. The van der Waals surface area contributed by atoms with E-state index in [-0.39, 0.29) is 12.2 Å². The highest BCUT2D eigenvalue weighted by Gasteiger charge is 2.09. The number of hydrogen-bond donors (Lipinski definition) is 0. The van der Waals surface area contributed by atoms with Gasteiger partial charge in [-0.05, 0) is 22.4 Å². The molecule has 70 valence electrons. The average Bonchev–Trinajstić information content (AvgIpc) is 2.56. The lowest BCUT2D eigenvalue weighted by molar-refractivity contribution is -0.143. The lowest BCUT2D eigenvalue weighted by Gasteiger charge is -1.97. The number of carbonyl (C=O) groups excluding carboxylic acids is 2. The molecule has 0 bridgehead atoms. The molecule has 0 saturated carbocycles. The number of esters is 1. The SMILES string of the molecule is COC(=O)CC(=O)Cc1ccsc1. The van der Waals surface area contributed by atoms with Gasteiger partial charge in [0.25, 0.3) is 0 Å². The van der Waals surface area contributed by atoms with E-state index < -0.39 is 5.97 Å². The van der Waals surface area contributed by atoms with Crippen LogP contribution in [0.1, 0.15) is 12.0 Å². The maximum atomic E-state index is 11.2. The van der Waals surface area contributed by atoms with Gasteiger partial charge in [-0.3, -0.25) is 9.59 Å². The van der Waals surface area contributed by atoms with E-state index in [1.807, 2.05) is 16.8 Å². The molecule has 0 aliphatic heterocycles. The van der Waals surface area contributed by atoms with Crippen LogP contribution in [0, 0.1) is 0 Å². The van der Waals surface area contributed by atoms with Crippen LogP contribution in [0.4, 0.5) is 0 Å². The molecule has 4 heteroatoms. The second-order valence-corrected chi connectivity index (χ2v) is 3.38. The van der Waals surface area contributed by atoms with Crippen molar-refractivity contribution in [2.75, 3.05) is 7.11 Å². The first-order valence-electron chi connectivity index (χ1n) is 3.82. The van der Waals surface area contributed by atoms with E-state index in [0.29, 0.717) is 6.42 Å². The smallest absolute Gasteiger partial charge is 0.313 e. The number of ether oxygens (including phenoxy) is 1. The Morgan fingerprint density at radius 1 is 1.54 bits per heavy atom. The highest BCUT2D eigenvalue weighted by molar-refractivity contribution is 7.07. The van der Waals surface area contributed by atoms with E-state index in [4.69, 9.17) is 0 Å². The molecule has 13 heavy (non-hydrogen) atoms. The third kappa shape index (κ3) is 3.38. The van der Waals surface area contributed by atoms with Crippen LogP contribution in [0.25, 0.3) is 0 Å². The van der Waals surface area contributed by atoms with E-state index >= 15 is 0 Å². The molecule has 1 aromatic rings. The van der Waals surface area contributed by atoms with Gasteiger partial charge in [0.2, 0.25) is 0 Å². The summed E-state index contributed by atoms with van der Waals surface area (Å²) in [7, 11) is 1.28. The van der Waals surface area contributed by atoms with Gasteiger partial charge in [0.1, 0.15) is 12.2 Å². The molecule has 0 N–H and O–H groups in total. The molecule has 0 radical (unpaired) electrons. The van der Waals surface area contributed by atoms with Crippen LogP contribution in [0.5, 0.6) is 0 Å². The first kappa shape index (κ1) is 9.92. The first-order valence-corrected chi connectivity index (χ1v) is 4.76. The van der Waals surface area contributed by atoms with E-state index in [2.05, 4.69) is 4.74 Å². The summed E-state index contributed by atoms with van der Waals surface area (Å²) in [5, 5.41) is 3.80. The van der Waals surface area contributed by atoms with Gasteiger partial charge in [0.05, 0.1) is 7.11 Å². The lowest BCUT2D eigenvalue weighted by atomic mass is 10.1. The van der Waals surface area contributed by atoms with Crippen molar-refractivity contribution in [3.8, 4) is 0 Å². The normalized spacial score (nSPS) is 9.62. The second-order valence-electron chi connectivity index (χ2n) is 2.60. The number of thiophene rings is 1. The Balaban J connectivity index is 2.38. The Hall–Kier alpha value is -1.16. The Labute approximate surface area is 80.3 Å². The predicted molar refractivity (Wildman–Crippen MR) is 49.7 cm³/mol. The fourth-order valence-electron chi connectivity index (χ4n) is 0.917. The highest BCUT2D eigenvalue weighted by Crippen LogP contribution is 2.07. The molecule has 0 saturated heterocycles. The monoisotopic (exact) mass is 198 g/mol. The van der Waals surface area contributed by atoms with Gasteiger partial charge < -0.3 is 4.74 Å². The predicted octanol–water partition coefficient (Wildman–Crippen LogP) is 1.42. The van der Waals surface area contributed by atoms with Gasteiger partial charge in [0, 0.05) is 6.42 Å². The van der Waals surface area contributed by atoms with Crippen molar-refractivity contribution < 1.29 is 14.3 Å². The van der Waals surface area contributed by atoms with Crippen molar-refractivity contribution in [1.82, 2.24) is 0 Å². The third-order valence-electron chi connectivity index (χ3n) is 1.55. The number of methoxy groups -OCH3 is 1. The average molecular weight is 198 g/mol. The summed E-state index contributed by atoms with van der Waals surface area (Å²) in [5.41, 5.74) is 0.957. The summed E-state index contributed by atoms with van der Waals surface area (Å²) >= 11 is 1.54. The van der Waals surface area contributed by atoms with Gasteiger partial charge in [0.15, 0.2) is 0 Å². The Morgan fingerprint density at radius 2 is 2.31 bits per heavy atom. The molecule has 0 spiro atoms. The molecule has 0 aromatic carbocycles. The Bertz CT molecular complexity index is 290. The molecule has 0 aliphatic carbocycles. The number of hydrogen-bond acceptors (Lipinski definition) is 4. The van der Waals surface area contributed by atoms with Crippen molar-refractivity contribution >= 4 is 23.1 Å². The van der Waals surface area contributed by atoms with Gasteiger partial charge in [-0.1, -0.05) is 0 Å². The van der Waals surface area contributed by atoms with Crippen molar-refractivity contribution in [2.45, 2.75) is 12.8 Å². The molecule has 1 aromatic heterocycles. The molecular formula is C9H10O3S. The van der Waals surface area contributed by atoms with Crippen LogP contribution in [0.15, 0.2) is 16.8 Å². The van der Waals surface area contributed by atoms with Crippen LogP contribution >= 0.6 is 11.3 Å². The maximum absolute atomic E-state index is 11.2. The fraction of sp³-hybridized carbons (Fsp3) is 0.333. The molecular weight excluding hydrogens is 188 g/mol. The lowest BCUT2D eigenvalue weighted by Crippen LogP contribution is -2.10. The second kappa shape index (κ2) is 4.77. The van der Waals surface area contributed by atoms with E-state index in [0.717, 1.165) is 5.56 Å². The largest absolute Gasteiger partial charge is 0.469 e. The van der Waals surface area contributed by atoms with Gasteiger partial charge in [-0.25, -0.2) is 0 Å². The summed E-state index contributed by atoms with van der Waals surface area (Å²) in [4.78, 5) is 21.9. The minimum absolute atomic E-state index is 0.106. The zero-order chi connectivity index (χ0) is 9.68. The molecule has 0 aliphatic rings. The van der Waals surface area contributed by atoms with E-state index in [1.165, 1.54) is 18.4 Å². The highest BCUT2D eigenvalue weighted by atomic mass is 32.1. The van der Waals surface area contributed by atoms with Crippen LogP contribution in [-0.4, -0.2) is 18.9 Å². The number of rotatable bonds is 4. The Kier molecular flexibility index (Phi) is 3.64. The molecule has 1 rings (SSSR count). The minimum atomic E-state index is -0.472. The summed E-state index contributed by atoms with van der Waals surface area (Å²) in [6, 6.07) is 1.87. The quantitative estimate of drug-likeness (QED) is 0.543. The van der Waals surface area contributed by atoms with Crippen LogP contribution in [0.2, 0.25) is 0 Å². The minimum Gasteiger partial charge on any atom is -0.469 e. The molecule has 3 nitrogen and oxygen atoms in total. The van der Waals surface area contributed by atoms with Gasteiger partial charge in [-0.2, -0.15) is 11.3 Å². The van der Waals surface area contributed by atoms with Crippen LogP contribution in [0.3, 0.4) is 0 Å². The van der Waals surface area contributed by atoms with Gasteiger partial charge >= 0.3 is 5.97 Å². The van der Waals surface area contributed by atoms with Crippen LogP contribution in [-0.2, 0) is 20.7 Å². The Morgan fingerprint density at radius 3 is 2.85 bits per heavy atom. The summed E-state index contributed by atoms with van der Waals surface area (Å²) in [5.74, 6) is -0.578. The summed E-state index contributed by atoms with van der Waals surface area (Å²) in [6.45, 7) is 0. The van der Waals surface area contributed by atoms with Crippen molar-refractivity contribution in [2.24, 2.45) is 0 Å². The topological polar surface area (TPSA) is 43.4 Å². The maximum Gasteiger partial charge on any atom is 0.313 e. The molecule has 0 unspecified atom stereocenters. The third-order valence-corrected chi connectivity index (χ3v) is 2.28. The first-order chi connectivity index (χ1) is 6.22. The number of ketones is 1. The zero-order valence-corrected chi connectivity index (χ0v) is 8.10. The number of carbonyl (C=O) groups is 2. The molecule has 0 atom stereocenters. The summed E-state index contributed by atoms with van der Waals surface area (Å²) < 4.78 is 4.38. The number of Topliss-reactive ketones (excluding diaryl/α,β-unsaturated/α-hetero) is 1. The zero-order valence-electron chi connectivity index (χ0n) is 7.28. The van der Waals surface area contributed by atoms with Gasteiger partial charge in [-0.15, -0.1) is 0 Å². The van der Waals surface area contributed by atoms with Crippen molar-refractivity contribution in [3.63, 3.8) is 0 Å². The molecule has 1 heterocycles. The van der Waals surface area contributed by atoms with Crippen molar-refractivity contribution in [3.05, 3.63) is 22.4 Å². The fourth-order valence-corrected chi connectivity index (χ4v) is 1.59. The van der Waals surface area contributed by atoms with E-state index in [1.54, 1.807) is 0 Å². The molecule has 0 fully saturated rings. The van der Waals surface area contributed by atoms with E-state index in [9.17, 15) is 9.59 Å². The summed E-state index contributed by atoms with van der Waals surface area (Å²) in [6.07, 6.45) is 0.185. The molecule has 0 amide bonds. The van der Waals surface area contributed by atoms with Crippen LogP contribution < -0.4 is 0 Å². The van der Waals surface area contributed by atoms with Crippen molar-refractivity contribution in [1.29, 1.82) is 0 Å².